The molecule has 0 atom stereocenters. The number of ether oxygens (including phenoxy) is 1. The van der Waals surface area contributed by atoms with Crippen LogP contribution in [-0.2, 0) is 4.74 Å². The molecule has 44 valence electrons. The fourth-order valence-corrected chi connectivity index (χ4v) is 1.07. The lowest BCUT2D eigenvalue weighted by atomic mass is 10.4. The van der Waals surface area contributed by atoms with Gasteiger partial charge >= 0.3 is 0 Å². The van der Waals surface area contributed by atoms with Crippen LogP contribution in [0.15, 0.2) is 22.4 Å². The van der Waals surface area contributed by atoms with Gasteiger partial charge < -0.3 is 4.74 Å². The van der Waals surface area contributed by atoms with Gasteiger partial charge in [0.05, 0.1) is 4.48 Å². The average Bonchev–Trinajstić information content (AvgIpc) is 2.14. The maximum atomic E-state index is 5.14. The molecule has 2 heteroatoms. The third-order valence-electron chi connectivity index (χ3n) is 0.999. The second-order valence-corrected chi connectivity index (χ2v) is 2.37. The van der Waals surface area contributed by atoms with Crippen LogP contribution in [0.5, 0.6) is 0 Å². The van der Waals surface area contributed by atoms with Gasteiger partial charge in [0.25, 0.3) is 0 Å². The summed E-state index contributed by atoms with van der Waals surface area (Å²) in [4.78, 5) is 0. The Labute approximate surface area is 57.2 Å². The standard InChI is InChI=1S/C6H7BrO/c1-2-6-5(7)3-4-8-6/h2-3H,4H2,1H3. The van der Waals surface area contributed by atoms with E-state index in [1.54, 1.807) is 0 Å². The van der Waals surface area contributed by atoms with Crippen LogP contribution < -0.4 is 0 Å². The number of halogens is 1. The summed E-state index contributed by atoms with van der Waals surface area (Å²) in [5, 5.41) is 0. The van der Waals surface area contributed by atoms with Crippen LogP contribution in [0.2, 0.25) is 0 Å². The Balaban J connectivity index is 2.74. The highest BCUT2D eigenvalue weighted by Crippen LogP contribution is 2.22. The zero-order valence-corrected chi connectivity index (χ0v) is 6.23. The van der Waals surface area contributed by atoms with Crippen LogP contribution in [0.3, 0.4) is 0 Å². The van der Waals surface area contributed by atoms with E-state index in [1.165, 1.54) is 0 Å². The van der Waals surface area contributed by atoms with Crippen molar-refractivity contribution in [3.63, 3.8) is 0 Å². The first-order chi connectivity index (χ1) is 3.84. The Kier molecular flexibility index (Phi) is 1.73. The van der Waals surface area contributed by atoms with Crippen molar-refractivity contribution in [1.29, 1.82) is 0 Å². The Morgan fingerprint density at radius 1 is 1.88 bits per heavy atom. The first kappa shape index (κ1) is 5.89. The van der Waals surface area contributed by atoms with Gasteiger partial charge in [0.15, 0.2) is 0 Å². The fourth-order valence-electron chi connectivity index (χ4n) is 0.595. The van der Waals surface area contributed by atoms with Gasteiger partial charge in [-0.2, -0.15) is 0 Å². The van der Waals surface area contributed by atoms with Crippen molar-refractivity contribution in [2.45, 2.75) is 6.92 Å². The predicted octanol–water partition coefficient (Wildman–Crippen LogP) is 2.20. The molecule has 0 aromatic carbocycles. The van der Waals surface area contributed by atoms with Crippen molar-refractivity contribution in [2.24, 2.45) is 0 Å². The summed E-state index contributed by atoms with van der Waals surface area (Å²) in [6, 6.07) is 0. The van der Waals surface area contributed by atoms with E-state index < -0.39 is 0 Å². The maximum Gasteiger partial charge on any atom is 0.129 e. The Hall–Kier alpha value is -0.240. The third-order valence-corrected chi connectivity index (χ3v) is 1.71. The van der Waals surface area contributed by atoms with Crippen molar-refractivity contribution in [3.05, 3.63) is 22.4 Å². The molecule has 0 saturated carbocycles. The molecular formula is C6H7BrO. The predicted molar refractivity (Wildman–Crippen MR) is 36.7 cm³/mol. The zero-order chi connectivity index (χ0) is 5.98. The van der Waals surface area contributed by atoms with E-state index in [-0.39, 0.29) is 0 Å². The van der Waals surface area contributed by atoms with E-state index in [2.05, 4.69) is 15.9 Å². The molecule has 1 rings (SSSR count). The summed E-state index contributed by atoms with van der Waals surface area (Å²) in [6.45, 7) is 2.66. The van der Waals surface area contributed by atoms with E-state index in [4.69, 9.17) is 4.74 Å². The van der Waals surface area contributed by atoms with Gasteiger partial charge in [0.2, 0.25) is 0 Å². The average molecular weight is 175 g/mol. The molecular weight excluding hydrogens is 168 g/mol. The van der Waals surface area contributed by atoms with Crippen LogP contribution in [0, 0.1) is 0 Å². The van der Waals surface area contributed by atoms with Crippen molar-refractivity contribution < 1.29 is 4.74 Å². The molecule has 0 fully saturated rings. The SMILES string of the molecule is CC=C1OCC=C1Br. The van der Waals surface area contributed by atoms with Gasteiger partial charge in [-0.1, -0.05) is 0 Å². The lowest BCUT2D eigenvalue weighted by Crippen LogP contribution is -1.78. The maximum absolute atomic E-state index is 5.14. The quantitative estimate of drug-likeness (QED) is 0.548. The Morgan fingerprint density at radius 2 is 2.62 bits per heavy atom. The molecule has 0 bridgehead atoms. The van der Waals surface area contributed by atoms with Crippen molar-refractivity contribution in [1.82, 2.24) is 0 Å². The lowest BCUT2D eigenvalue weighted by molar-refractivity contribution is 0.277. The van der Waals surface area contributed by atoms with Crippen LogP contribution in [0.4, 0.5) is 0 Å². The normalized spacial score (nSPS) is 23.2. The van der Waals surface area contributed by atoms with Gasteiger partial charge in [-0.15, -0.1) is 0 Å². The monoisotopic (exact) mass is 174 g/mol. The topological polar surface area (TPSA) is 9.23 Å². The molecule has 0 aromatic heterocycles. The van der Waals surface area contributed by atoms with Crippen LogP contribution >= 0.6 is 15.9 Å². The summed E-state index contributed by atoms with van der Waals surface area (Å²) in [6.07, 6.45) is 3.93. The van der Waals surface area contributed by atoms with Crippen LogP contribution in [0.1, 0.15) is 6.92 Å². The van der Waals surface area contributed by atoms with E-state index in [1.807, 2.05) is 19.1 Å². The Bertz CT molecular complexity index is 147. The third kappa shape index (κ3) is 0.944. The molecule has 1 nitrogen and oxygen atoms in total. The van der Waals surface area contributed by atoms with Crippen LogP contribution in [-0.4, -0.2) is 6.61 Å². The molecule has 0 saturated heterocycles. The minimum atomic E-state index is 0.709. The first-order valence-electron chi connectivity index (χ1n) is 2.49. The first-order valence-corrected chi connectivity index (χ1v) is 3.29. The molecule has 0 unspecified atom stereocenters. The molecule has 0 N–H and O–H groups in total. The second-order valence-electron chi connectivity index (χ2n) is 1.52. The molecule has 0 aliphatic carbocycles. The van der Waals surface area contributed by atoms with E-state index in [0.717, 1.165) is 10.2 Å². The smallest absolute Gasteiger partial charge is 0.129 e. The number of hydrogen-bond acceptors (Lipinski definition) is 1. The number of allylic oxidation sites excluding steroid dienone is 2. The zero-order valence-electron chi connectivity index (χ0n) is 4.65. The summed E-state index contributed by atoms with van der Waals surface area (Å²) in [7, 11) is 0. The van der Waals surface area contributed by atoms with Crippen molar-refractivity contribution in [3.8, 4) is 0 Å². The minimum Gasteiger partial charge on any atom is -0.489 e. The molecule has 0 aromatic rings. The van der Waals surface area contributed by atoms with E-state index >= 15 is 0 Å². The highest BCUT2D eigenvalue weighted by atomic mass is 79.9. The summed E-state index contributed by atoms with van der Waals surface area (Å²) in [5.74, 6) is 0.949. The lowest BCUT2D eigenvalue weighted by Gasteiger charge is -1.94. The largest absolute Gasteiger partial charge is 0.489 e. The van der Waals surface area contributed by atoms with Gasteiger partial charge in [0, 0.05) is 0 Å². The van der Waals surface area contributed by atoms with Crippen LogP contribution in [0.25, 0.3) is 0 Å². The summed E-state index contributed by atoms with van der Waals surface area (Å²) >= 11 is 3.33. The molecule has 0 spiro atoms. The highest BCUT2D eigenvalue weighted by molar-refractivity contribution is 9.12. The fraction of sp³-hybridized carbons (Fsp3) is 0.333. The molecule has 0 amide bonds. The molecule has 8 heavy (non-hydrogen) atoms. The molecule has 1 aliphatic rings. The van der Waals surface area contributed by atoms with Gasteiger partial charge in [-0.05, 0) is 35.0 Å². The minimum absolute atomic E-state index is 0.709. The van der Waals surface area contributed by atoms with E-state index in [0.29, 0.717) is 6.61 Å². The second kappa shape index (κ2) is 2.35. The van der Waals surface area contributed by atoms with Crippen molar-refractivity contribution >= 4 is 15.9 Å². The molecule has 0 radical (unpaired) electrons. The summed E-state index contributed by atoms with van der Waals surface area (Å²) < 4.78 is 6.21. The van der Waals surface area contributed by atoms with Gasteiger partial charge in [0.1, 0.15) is 12.4 Å². The molecule has 1 aliphatic heterocycles. The number of rotatable bonds is 0. The summed E-state index contributed by atoms with van der Waals surface area (Å²) in [5.41, 5.74) is 0. The molecule has 1 heterocycles. The number of hydrogen-bond donors (Lipinski definition) is 0. The highest BCUT2D eigenvalue weighted by Gasteiger charge is 2.06. The Morgan fingerprint density at radius 3 is 2.88 bits per heavy atom. The van der Waals surface area contributed by atoms with E-state index in [9.17, 15) is 0 Å². The van der Waals surface area contributed by atoms with Gasteiger partial charge in [-0.25, -0.2) is 0 Å². The van der Waals surface area contributed by atoms with Crippen molar-refractivity contribution in [2.75, 3.05) is 6.61 Å². The van der Waals surface area contributed by atoms with Gasteiger partial charge in [-0.3, -0.25) is 0 Å².